The topological polar surface area (TPSA) is 90.5 Å². The fourth-order valence-electron chi connectivity index (χ4n) is 3.72. The maximum absolute atomic E-state index is 13.6. The fraction of sp³-hybridized carbons (Fsp3) is 0.250. The van der Waals surface area contributed by atoms with E-state index in [1.807, 2.05) is 31.2 Å². The lowest BCUT2D eigenvalue weighted by atomic mass is 10.0. The monoisotopic (exact) mass is 449 g/mol. The van der Waals surface area contributed by atoms with Gasteiger partial charge in [0.15, 0.2) is 0 Å². The summed E-state index contributed by atoms with van der Waals surface area (Å²) < 4.78 is 21.8. The highest BCUT2D eigenvalue weighted by Gasteiger charge is 2.16. The van der Waals surface area contributed by atoms with Crippen molar-refractivity contribution < 1.29 is 13.9 Å². The van der Waals surface area contributed by atoms with E-state index in [-0.39, 0.29) is 17.5 Å². The van der Waals surface area contributed by atoms with Crippen LogP contribution in [0.1, 0.15) is 24.7 Å². The number of ether oxygens (including phenoxy) is 1. The lowest BCUT2D eigenvalue weighted by molar-refractivity contribution is -0.122. The second kappa shape index (κ2) is 9.64. The highest BCUT2D eigenvalue weighted by atomic mass is 19.1. The number of nitrogens with one attached hydrogen (secondary N) is 1. The minimum absolute atomic E-state index is 0.0271. The van der Waals surface area contributed by atoms with E-state index in [1.165, 1.54) is 22.8 Å². The van der Waals surface area contributed by atoms with Crippen molar-refractivity contribution in [3.63, 3.8) is 0 Å². The van der Waals surface area contributed by atoms with E-state index in [0.717, 1.165) is 11.3 Å². The molecule has 2 aromatic heterocycles. The summed E-state index contributed by atoms with van der Waals surface area (Å²) in [5, 5.41) is 11.1. The van der Waals surface area contributed by atoms with E-state index in [2.05, 4.69) is 15.5 Å². The molecular formula is C24H24FN5O3. The summed E-state index contributed by atoms with van der Waals surface area (Å²) in [6.45, 7) is 2.32. The third-order valence-electron chi connectivity index (χ3n) is 5.36. The Bertz CT molecular complexity index is 1350. The Labute approximate surface area is 189 Å². The van der Waals surface area contributed by atoms with Gasteiger partial charge in [0, 0.05) is 37.3 Å². The molecule has 4 rings (SSSR count). The van der Waals surface area contributed by atoms with E-state index in [9.17, 15) is 14.0 Å². The van der Waals surface area contributed by atoms with E-state index in [4.69, 9.17) is 4.74 Å². The number of hydrogen-bond acceptors (Lipinski definition) is 5. The number of nitrogens with zero attached hydrogens (tertiary/aromatic N) is 4. The van der Waals surface area contributed by atoms with E-state index in [0.29, 0.717) is 30.9 Å². The average Bonchev–Trinajstić information content (AvgIpc) is 3.21. The quantitative estimate of drug-likeness (QED) is 0.447. The number of halogens is 1. The molecule has 0 radical (unpaired) electrons. The molecule has 0 saturated carbocycles. The minimum atomic E-state index is -0.431. The van der Waals surface area contributed by atoms with Crippen molar-refractivity contribution in [1.29, 1.82) is 0 Å². The summed E-state index contributed by atoms with van der Waals surface area (Å²) in [5.41, 5.74) is 1.06. The standard InChI is InChI=1S/C24H24FN5O3/c1-16(13-22(31)26-15-17-6-3-4-9-20(17)33-2)12-21-27-28-23-24(32)29(10-11-30(21)23)19-8-5-7-18(25)14-19/h3-11,14,16H,12-13,15H2,1-2H3,(H,26,31). The third kappa shape index (κ3) is 4.92. The fourth-order valence-corrected chi connectivity index (χ4v) is 3.72. The lowest BCUT2D eigenvalue weighted by Crippen LogP contribution is -2.25. The first-order chi connectivity index (χ1) is 16.0. The highest BCUT2D eigenvalue weighted by Crippen LogP contribution is 2.17. The maximum Gasteiger partial charge on any atom is 0.300 e. The summed E-state index contributed by atoms with van der Waals surface area (Å²) >= 11 is 0. The molecule has 2 heterocycles. The Morgan fingerprint density at radius 1 is 1.15 bits per heavy atom. The number of amides is 1. The van der Waals surface area contributed by atoms with Crippen molar-refractivity contribution in [2.45, 2.75) is 26.3 Å². The SMILES string of the molecule is COc1ccccc1CNC(=O)CC(C)Cc1nnc2c(=O)n(-c3cccc(F)c3)ccn12. The number of aromatic nitrogens is 4. The van der Waals surface area contributed by atoms with Crippen LogP contribution in [0.4, 0.5) is 4.39 Å². The summed E-state index contributed by atoms with van der Waals surface area (Å²) in [4.78, 5) is 25.3. The molecule has 170 valence electrons. The molecule has 0 aliphatic heterocycles. The van der Waals surface area contributed by atoms with Crippen molar-refractivity contribution >= 4 is 11.6 Å². The second-order valence-corrected chi connectivity index (χ2v) is 7.87. The smallest absolute Gasteiger partial charge is 0.300 e. The van der Waals surface area contributed by atoms with Gasteiger partial charge < -0.3 is 10.1 Å². The number of carbonyl (C=O) groups excluding carboxylic acids is 1. The van der Waals surface area contributed by atoms with E-state index in [1.54, 1.807) is 30.0 Å². The average molecular weight is 449 g/mol. The highest BCUT2D eigenvalue weighted by molar-refractivity contribution is 5.76. The van der Waals surface area contributed by atoms with Gasteiger partial charge in [-0.05, 0) is 30.2 Å². The molecule has 0 saturated heterocycles. The molecule has 0 spiro atoms. The first-order valence-corrected chi connectivity index (χ1v) is 10.6. The Morgan fingerprint density at radius 3 is 2.76 bits per heavy atom. The van der Waals surface area contributed by atoms with Crippen molar-refractivity contribution in [3.05, 3.63) is 88.5 Å². The van der Waals surface area contributed by atoms with Gasteiger partial charge in [-0.3, -0.25) is 18.6 Å². The number of carbonyl (C=O) groups is 1. The van der Waals surface area contributed by atoms with Crippen LogP contribution in [0, 0.1) is 11.7 Å². The number of benzene rings is 2. The molecular weight excluding hydrogens is 425 g/mol. The summed E-state index contributed by atoms with van der Waals surface area (Å²) in [5.74, 6) is 0.763. The molecule has 2 aromatic carbocycles. The molecule has 1 amide bonds. The lowest BCUT2D eigenvalue weighted by Gasteiger charge is -2.12. The van der Waals surface area contributed by atoms with Crippen LogP contribution in [0.15, 0.2) is 65.7 Å². The molecule has 1 unspecified atom stereocenters. The third-order valence-corrected chi connectivity index (χ3v) is 5.36. The van der Waals surface area contributed by atoms with Crippen LogP contribution in [0.5, 0.6) is 5.75 Å². The van der Waals surface area contributed by atoms with Crippen molar-refractivity contribution in [3.8, 4) is 11.4 Å². The van der Waals surface area contributed by atoms with Crippen LogP contribution in [-0.4, -0.2) is 32.2 Å². The van der Waals surface area contributed by atoms with Crippen LogP contribution in [0.2, 0.25) is 0 Å². The Morgan fingerprint density at radius 2 is 1.97 bits per heavy atom. The second-order valence-electron chi connectivity index (χ2n) is 7.87. The van der Waals surface area contributed by atoms with Gasteiger partial charge in [-0.25, -0.2) is 4.39 Å². The van der Waals surface area contributed by atoms with Crippen LogP contribution >= 0.6 is 0 Å². The first-order valence-electron chi connectivity index (χ1n) is 10.6. The predicted octanol–water partition coefficient (Wildman–Crippen LogP) is 2.91. The van der Waals surface area contributed by atoms with Crippen molar-refractivity contribution in [1.82, 2.24) is 24.5 Å². The Balaban J connectivity index is 1.43. The zero-order chi connectivity index (χ0) is 23.4. The molecule has 0 fully saturated rings. The number of fused-ring (bicyclic) bond motifs is 1. The molecule has 1 N–H and O–H groups in total. The van der Waals surface area contributed by atoms with Crippen LogP contribution in [-0.2, 0) is 17.8 Å². The van der Waals surface area contributed by atoms with Crippen LogP contribution in [0.25, 0.3) is 11.3 Å². The van der Waals surface area contributed by atoms with Gasteiger partial charge in [0.25, 0.3) is 0 Å². The van der Waals surface area contributed by atoms with Gasteiger partial charge in [0.1, 0.15) is 17.4 Å². The number of para-hydroxylation sites is 1. The largest absolute Gasteiger partial charge is 0.496 e. The van der Waals surface area contributed by atoms with Gasteiger partial charge in [-0.15, -0.1) is 10.2 Å². The molecule has 33 heavy (non-hydrogen) atoms. The number of rotatable bonds is 8. The van der Waals surface area contributed by atoms with Crippen LogP contribution in [0.3, 0.4) is 0 Å². The Kier molecular flexibility index (Phi) is 6.48. The van der Waals surface area contributed by atoms with Gasteiger partial charge in [0.2, 0.25) is 11.6 Å². The number of hydrogen-bond donors (Lipinski definition) is 1. The predicted molar refractivity (Wildman–Crippen MR) is 121 cm³/mol. The van der Waals surface area contributed by atoms with Crippen molar-refractivity contribution in [2.24, 2.45) is 5.92 Å². The molecule has 1 atom stereocenters. The first kappa shape index (κ1) is 22.2. The minimum Gasteiger partial charge on any atom is -0.496 e. The summed E-state index contributed by atoms with van der Waals surface area (Å²) in [7, 11) is 1.60. The number of methoxy groups -OCH3 is 1. The zero-order valence-electron chi connectivity index (χ0n) is 18.4. The molecule has 0 bridgehead atoms. The molecule has 9 heteroatoms. The van der Waals surface area contributed by atoms with Crippen molar-refractivity contribution in [2.75, 3.05) is 7.11 Å². The molecule has 0 aliphatic carbocycles. The zero-order valence-corrected chi connectivity index (χ0v) is 18.4. The summed E-state index contributed by atoms with van der Waals surface area (Å²) in [6, 6.07) is 13.3. The normalized spacial score (nSPS) is 12.0. The van der Waals surface area contributed by atoms with Gasteiger partial charge in [-0.2, -0.15) is 0 Å². The van der Waals surface area contributed by atoms with Crippen LogP contribution < -0.4 is 15.6 Å². The van der Waals surface area contributed by atoms with Gasteiger partial charge in [-0.1, -0.05) is 31.2 Å². The summed E-state index contributed by atoms with van der Waals surface area (Å²) in [6.07, 6.45) is 3.99. The molecule has 0 aliphatic rings. The molecule has 8 nitrogen and oxygen atoms in total. The van der Waals surface area contributed by atoms with E-state index >= 15 is 0 Å². The van der Waals surface area contributed by atoms with Gasteiger partial charge >= 0.3 is 5.56 Å². The Hall–Kier alpha value is -4.01. The van der Waals surface area contributed by atoms with Gasteiger partial charge in [0.05, 0.1) is 12.8 Å². The van der Waals surface area contributed by atoms with E-state index < -0.39 is 11.4 Å². The maximum atomic E-state index is 13.6. The molecule has 4 aromatic rings.